The van der Waals surface area contributed by atoms with Gasteiger partial charge < -0.3 is 50.2 Å². The predicted molar refractivity (Wildman–Crippen MR) is 280 cm³/mol. The molecule has 3 heterocycles. The lowest BCUT2D eigenvalue weighted by Gasteiger charge is -2.35. The maximum absolute atomic E-state index is 13.9. The number of hydrogen-bond donors (Lipinski definition) is 5. The number of carbonyl (C=O) groups is 5. The van der Waals surface area contributed by atoms with Crippen molar-refractivity contribution in [3.8, 4) is 16.2 Å². The van der Waals surface area contributed by atoms with E-state index in [9.17, 15) is 42.3 Å². The summed E-state index contributed by atoms with van der Waals surface area (Å²) in [6, 6.07) is 14.7. The minimum absolute atomic E-state index is 0.00456. The van der Waals surface area contributed by atoms with Crippen molar-refractivity contribution in [2.75, 3.05) is 59.8 Å². The lowest BCUT2D eigenvalue weighted by molar-refractivity contribution is -0.183. The van der Waals surface area contributed by atoms with E-state index in [1.54, 1.807) is 55.8 Å². The number of amides is 5. The number of nitrogens with one attached hydrogen (secondary N) is 4. The van der Waals surface area contributed by atoms with Crippen LogP contribution in [0.4, 0.5) is 13.2 Å². The predicted octanol–water partition coefficient (Wildman–Crippen LogP) is 6.35. The molecule has 6 rings (SSSR count). The van der Waals surface area contributed by atoms with Crippen LogP contribution >= 0.6 is 11.3 Å². The maximum atomic E-state index is 13.9. The van der Waals surface area contributed by atoms with Gasteiger partial charge in [0, 0.05) is 38.2 Å². The number of methoxy groups -OCH3 is 1. The highest BCUT2D eigenvalue weighted by atomic mass is 32.1. The van der Waals surface area contributed by atoms with Crippen molar-refractivity contribution in [2.45, 2.75) is 104 Å². The normalized spacial score (nSPS) is 18.3. The largest absolute Gasteiger partial charge is 0.495 e. The number of aliphatic hydroxyl groups excluding tert-OH is 1. The fraction of sp³-hybridized carbons (Fsp3) is 0.509. The number of aromatic nitrogens is 2. The lowest BCUT2D eigenvalue weighted by Crippen LogP contribution is -2.58. The Kier molecular flexibility index (Phi) is 21.9. The number of benzene rings is 2. The molecular formula is C55H70F3N7O10S. The van der Waals surface area contributed by atoms with E-state index in [4.69, 9.17) is 18.9 Å². The number of hydrogen-bond acceptors (Lipinski definition) is 13. The van der Waals surface area contributed by atoms with Gasteiger partial charge in [-0.3, -0.25) is 24.0 Å². The van der Waals surface area contributed by atoms with Crippen molar-refractivity contribution in [1.29, 1.82) is 0 Å². The second-order valence-electron chi connectivity index (χ2n) is 20.1. The van der Waals surface area contributed by atoms with Crippen molar-refractivity contribution in [3.63, 3.8) is 0 Å². The number of aryl methyl sites for hydroxylation is 1. The van der Waals surface area contributed by atoms with Gasteiger partial charge in [0.2, 0.25) is 23.6 Å². The number of aliphatic hydroxyl groups is 1. The van der Waals surface area contributed by atoms with Gasteiger partial charge >= 0.3 is 6.18 Å². The van der Waals surface area contributed by atoms with Crippen LogP contribution in [0.2, 0.25) is 0 Å². The molecule has 1 saturated heterocycles. The average molecular weight is 1080 g/mol. The van der Waals surface area contributed by atoms with Crippen LogP contribution in [0.1, 0.15) is 91.3 Å². The van der Waals surface area contributed by atoms with Crippen LogP contribution in [0.5, 0.6) is 5.75 Å². The zero-order chi connectivity index (χ0) is 54.8. The minimum atomic E-state index is -4.17. The molecule has 412 valence electrons. The number of nitrogens with zero attached hydrogens (tertiary/aromatic N) is 3. The molecule has 0 spiro atoms. The molecule has 1 aliphatic heterocycles. The van der Waals surface area contributed by atoms with Crippen molar-refractivity contribution < 1.29 is 61.2 Å². The fourth-order valence-corrected chi connectivity index (χ4v) is 9.79. The summed E-state index contributed by atoms with van der Waals surface area (Å²) in [7, 11) is 1.48. The van der Waals surface area contributed by atoms with Crippen LogP contribution in [0.25, 0.3) is 16.5 Å². The molecule has 2 aromatic heterocycles. The molecule has 0 radical (unpaired) electrons. The smallest absolute Gasteiger partial charge is 0.391 e. The van der Waals surface area contributed by atoms with Crippen molar-refractivity contribution in [1.82, 2.24) is 36.1 Å². The van der Waals surface area contributed by atoms with Crippen molar-refractivity contribution >= 4 is 46.9 Å². The van der Waals surface area contributed by atoms with Gasteiger partial charge in [-0.2, -0.15) is 13.2 Å². The molecule has 0 bridgehead atoms. The van der Waals surface area contributed by atoms with Gasteiger partial charge in [-0.15, -0.1) is 11.3 Å². The van der Waals surface area contributed by atoms with Gasteiger partial charge in [0.25, 0.3) is 5.91 Å². The molecule has 21 heteroatoms. The number of halogens is 3. The van der Waals surface area contributed by atoms with Gasteiger partial charge in [0.05, 0.1) is 80.9 Å². The first-order chi connectivity index (χ1) is 36.3. The van der Waals surface area contributed by atoms with Crippen LogP contribution in [0.15, 0.2) is 72.4 Å². The Morgan fingerprint density at radius 3 is 2.20 bits per heavy atom. The third-order valence-electron chi connectivity index (χ3n) is 13.2. The van der Waals surface area contributed by atoms with E-state index in [1.165, 1.54) is 18.2 Å². The third-order valence-corrected chi connectivity index (χ3v) is 14.2. The molecular weight excluding hydrogens is 1010 g/mol. The summed E-state index contributed by atoms with van der Waals surface area (Å²) < 4.78 is 61.3. The number of likely N-dealkylation sites (tertiary alicyclic amines) is 1. The molecule has 17 nitrogen and oxygen atoms in total. The summed E-state index contributed by atoms with van der Waals surface area (Å²) in [5.74, 6) is -2.86. The molecule has 3 atom stereocenters. The first-order valence-electron chi connectivity index (χ1n) is 25.5. The maximum Gasteiger partial charge on any atom is 0.391 e. The van der Waals surface area contributed by atoms with E-state index >= 15 is 0 Å². The molecule has 1 aliphatic carbocycles. The quantitative estimate of drug-likeness (QED) is 0.0459. The molecule has 2 fully saturated rings. The second kappa shape index (κ2) is 28.2. The molecule has 0 unspecified atom stereocenters. The van der Waals surface area contributed by atoms with Crippen molar-refractivity contribution in [2.24, 2.45) is 17.3 Å². The summed E-state index contributed by atoms with van der Waals surface area (Å²) in [5.41, 5.74) is 6.18. The first-order valence-corrected chi connectivity index (χ1v) is 26.4. The Labute approximate surface area is 445 Å². The van der Waals surface area contributed by atoms with Crippen LogP contribution in [0.3, 0.4) is 0 Å². The summed E-state index contributed by atoms with van der Waals surface area (Å²) in [6.07, 6.45) is 1.24. The fourth-order valence-electron chi connectivity index (χ4n) is 8.98. The van der Waals surface area contributed by atoms with Crippen LogP contribution in [-0.2, 0) is 52.9 Å². The van der Waals surface area contributed by atoms with Crippen LogP contribution in [-0.4, -0.2) is 134 Å². The number of alkyl halides is 3. The molecule has 2 aromatic carbocycles. The molecule has 76 heavy (non-hydrogen) atoms. The van der Waals surface area contributed by atoms with E-state index in [1.807, 2.05) is 55.5 Å². The molecule has 4 aromatic rings. The first kappa shape index (κ1) is 59.0. The van der Waals surface area contributed by atoms with E-state index in [0.29, 0.717) is 24.2 Å². The molecule has 5 amide bonds. The van der Waals surface area contributed by atoms with Crippen LogP contribution < -0.4 is 26.0 Å². The standard InChI is InChI=1S/C55H70F3N7O10S/c1-35-49(76-34-63-35)40-14-10-37(11-15-40)29-62-52(70)45-28-43(66)32-65(45)53(71)50(54(2,3)4)64-48(68)33-75-24-23-74-22-21-73-20-19-59-47(67)26-38-7-6-8-39(25-38)30-61-51(69)44-27-41(46(72-5)31-60-44)16-9-36-12-17-42(18-13-36)55(56,57)58/h6-11,14-16,25,27,31,34,36,42-43,45,50,66H,12-13,17-24,26,28-30,32-33H2,1-5H3,(H,59,67)(H,61,69)(H,62,70)(H,64,68)/b16-9+/t36-,42-,43-,45+,50-/m1/s1. The zero-order valence-electron chi connectivity index (χ0n) is 43.7. The van der Waals surface area contributed by atoms with Gasteiger partial charge in [-0.1, -0.05) is 81.5 Å². The Morgan fingerprint density at radius 2 is 1.53 bits per heavy atom. The topological polar surface area (TPSA) is 220 Å². The number of thiazole rings is 1. The number of pyridine rings is 1. The summed E-state index contributed by atoms with van der Waals surface area (Å²) in [4.78, 5) is 77.1. The van der Waals surface area contributed by atoms with Gasteiger partial charge in [0.15, 0.2) is 0 Å². The monoisotopic (exact) mass is 1080 g/mol. The summed E-state index contributed by atoms with van der Waals surface area (Å²) in [5, 5.41) is 21.9. The molecule has 5 N–H and O–H groups in total. The SMILES string of the molecule is COc1cnc(C(=O)NCc2cccc(CC(=O)NCCOCCOCCOCC(=O)N[C@H](C(=O)N3C[C@H](O)C[C@H]3C(=O)NCc3ccc(-c4scnc4C)cc3)C(C)(C)C)c2)cc1/C=C/[C@H]1CC[C@H](C(F)(F)F)CC1. The van der Waals surface area contributed by atoms with E-state index in [2.05, 4.69) is 31.2 Å². The summed E-state index contributed by atoms with van der Waals surface area (Å²) in [6.45, 7) is 8.69. The second-order valence-corrected chi connectivity index (χ2v) is 20.9. The van der Waals surface area contributed by atoms with Gasteiger partial charge in [-0.25, -0.2) is 9.97 Å². The molecule has 1 saturated carbocycles. The van der Waals surface area contributed by atoms with E-state index < -0.39 is 59.3 Å². The third kappa shape index (κ3) is 17.9. The van der Waals surface area contributed by atoms with E-state index in [-0.39, 0.29) is 109 Å². The number of β-amino-alcohol motifs (C(OH)–C–C–N with tert-alkyl or cyclic N) is 1. The highest BCUT2D eigenvalue weighted by Crippen LogP contribution is 2.40. The molecule has 2 aliphatic rings. The van der Waals surface area contributed by atoms with E-state index in [0.717, 1.165) is 32.8 Å². The Morgan fingerprint density at radius 1 is 0.842 bits per heavy atom. The highest BCUT2D eigenvalue weighted by Gasteiger charge is 2.45. The lowest BCUT2D eigenvalue weighted by atomic mass is 9.81. The minimum Gasteiger partial charge on any atom is -0.495 e. The van der Waals surface area contributed by atoms with Crippen LogP contribution in [0, 0.1) is 24.2 Å². The van der Waals surface area contributed by atoms with Gasteiger partial charge in [0.1, 0.15) is 30.1 Å². The number of ether oxygens (including phenoxy) is 4. The number of rotatable bonds is 25. The van der Waals surface area contributed by atoms with Gasteiger partial charge in [-0.05, 0) is 72.3 Å². The number of carbonyl (C=O) groups excluding carboxylic acids is 5. The zero-order valence-corrected chi connectivity index (χ0v) is 44.5. The Bertz CT molecular complexity index is 2600. The number of allylic oxidation sites excluding steroid dienone is 1. The average Bonchev–Trinajstić information content (AvgIpc) is 4.02. The van der Waals surface area contributed by atoms with Crippen molar-refractivity contribution in [3.05, 3.63) is 106 Å². The highest BCUT2D eigenvalue weighted by molar-refractivity contribution is 7.13. The Hall–Kier alpha value is -6.26. The summed E-state index contributed by atoms with van der Waals surface area (Å²) >= 11 is 1.56. The Balaban J connectivity index is 0.818.